The van der Waals surface area contributed by atoms with Gasteiger partial charge in [0.2, 0.25) is 11.8 Å². The first-order chi connectivity index (χ1) is 12.4. The van der Waals surface area contributed by atoms with E-state index in [1.807, 2.05) is 13.8 Å². The normalized spacial score (nSPS) is 16.2. The first-order valence-corrected chi connectivity index (χ1v) is 8.79. The Labute approximate surface area is 153 Å². The van der Waals surface area contributed by atoms with Crippen molar-refractivity contribution in [1.29, 1.82) is 0 Å². The minimum atomic E-state index is -0.520. The number of nitrogens with zero attached hydrogens (tertiary/aromatic N) is 2. The molecule has 1 saturated heterocycles. The molecule has 1 atom stereocenters. The summed E-state index contributed by atoms with van der Waals surface area (Å²) in [7, 11) is 0. The Kier molecular flexibility index (Phi) is 6.38. The number of nitrogens with one attached hydrogen (secondary N) is 1. The molecule has 26 heavy (non-hydrogen) atoms. The number of rotatable bonds is 6. The topological polar surface area (TPSA) is 90.0 Å². The summed E-state index contributed by atoms with van der Waals surface area (Å²) in [6.45, 7) is 8.81. The summed E-state index contributed by atoms with van der Waals surface area (Å²) >= 11 is 0. The van der Waals surface area contributed by atoms with Crippen molar-refractivity contribution in [2.45, 2.75) is 32.7 Å². The van der Waals surface area contributed by atoms with Crippen LogP contribution in [-0.2, 0) is 9.59 Å². The van der Waals surface area contributed by atoms with Gasteiger partial charge in [-0.3, -0.25) is 14.4 Å². The lowest BCUT2D eigenvalue weighted by atomic mass is 10.1. The molecule has 0 bridgehead atoms. The molecule has 7 nitrogen and oxygen atoms in total. The zero-order chi connectivity index (χ0) is 19.3. The maximum Gasteiger partial charge on any atom is 0.258 e. The van der Waals surface area contributed by atoms with Crippen LogP contribution in [0.5, 0.6) is 5.75 Å². The van der Waals surface area contributed by atoms with Gasteiger partial charge in [-0.2, -0.15) is 0 Å². The molecule has 3 amide bonds. The number of anilines is 1. The van der Waals surface area contributed by atoms with Gasteiger partial charge in [0, 0.05) is 25.3 Å². The maximum atomic E-state index is 13.0. The quantitative estimate of drug-likeness (QED) is 0.600. The molecule has 0 radical (unpaired) electrons. The Balaban J connectivity index is 2.26. The Morgan fingerprint density at radius 1 is 1.35 bits per heavy atom. The highest BCUT2D eigenvalue weighted by Crippen LogP contribution is 2.27. The third-order valence-electron chi connectivity index (χ3n) is 4.55. The molecule has 1 aromatic rings. The molecule has 0 spiro atoms. The Hall–Kier alpha value is -2.83. The van der Waals surface area contributed by atoms with E-state index in [-0.39, 0.29) is 17.2 Å². The SMILES string of the molecule is C=CC(=O)Nc1ccc(O)c(C(=O)N2CCCC2C(=O)N(CC)CC)c1. The zero-order valence-electron chi connectivity index (χ0n) is 15.2. The van der Waals surface area contributed by atoms with Crippen molar-refractivity contribution in [2.24, 2.45) is 0 Å². The second kappa shape index (κ2) is 8.51. The molecule has 1 aromatic carbocycles. The molecule has 1 aliphatic rings. The predicted octanol–water partition coefficient (Wildman–Crippen LogP) is 1.99. The predicted molar refractivity (Wildman–Crippen MR) is 98.9 cm³/mol. The van der Waals surface area contributed by atoms with E-state index in [4.69, 9.17) is 0 Å². The number of hydrogen-bond donors (Lipinski definition) is 2. The van der Waals surface area contributed by atoms with Gasteiger partial charge in [-0.25, -0.2) is 0 Å². The number of phenols is 1. The summed E-state index contributed by atoms with van der Waals surface area (Å²) in [5.41, 5.74) is 0.438. The lowest BCUT2D eigenvalue weighted by Crippen LogP contribution is -2.47. The van der Waals surface area contributed by atoms with Crippen LogP contribution in [0.1, 0.15) is 37.0 Å². The molecule has 2 N–H and O–H groups in total. The fourth-order valence-corrected chi connectivity index (χ4v) is 3.15. The Morgan fingerprint density at radius 3 is 2.65 bits per heavy atom. The molecular weight excluding hydrogens is 334 g/mol. The number of likely N-dealkylation sites (tertiary alicyclic amines) is 1. The standard InChI is InChI=1S/C19H25N3O4/c1-4-17(24)20-13-9-10-16(23)14(12-13)18(25)22-11-7-8-15(22)19(26)21(5-2)6-3/h4,9-10,12,15,23H,1,5-8,11H2,2-3H3,(H,20,24). The maximum absolute atomic E-state index is 13.0. The van der Waals surface area contributed by atoms with Crippen LogP contribution in [0.25, 0.3) is 0 Å². The van der Waals surface area contributed by atoms with Gasteiger partial charge in [-0.05, 0) is 51.0 Å². The van der Waals surface area contributed by atoms with Gasteiger partial charge in [-0.1, -0.05) is 6.58 Å². The van der Waals surface area contributed by atoms with Crippen LogP contribution in [0.4, 0.5) is 5.69 Å². The highest BCUT2D eigenvalue weighted by molar-refractivity contribution is 6.03. The molecule has 0 aliphatic carbocycles. The number of benzene rings is 1. The average Bonchev–Trinajstić information content (AvgIpc) is 3.13. The molecule has 140 valence electrons. The molecule has 1 fully saturated rings. The number of carbonyl (C=O) groups excluding carboxylic acids is 3. The Morgan fingerprint density at radius 2 is 2.04 bits per heavy atom. The number of phenolic OH excluding ortho intramolecular Hbond substituents is 1. The molecule has 0 aromatic heterocycles. The number of aromatic hydroxyl groups is 1. The van der Waals surface area contributed by atoms with E-state index in [0.717, 1.165) is 12.5 Å². The summed E-state index contributed by atoms with van der Waals surface area (Å²) in [4.78, 5) is 40.3. The molecular formula is C19H25N3O4. The van der Waals surface area contributed by atoms with Gasteiger partial charge in [0.1, 0.15) is 11.8 Å². The number of amides is 3. The van der Waals surface area contributed by atoms with Gasteiger partial charge < -0.3 is 20.2 Å². The van der Waals surface area contributed by atoms with Crippen LogP contribution >= 0.6 is 0 Å². The smallest absolute Gasteiger partial charge is 0.258 e. The van der Waals surface area contributed by atoms with Crippen molar-refractivity contribution in [3.63, 3.8) is 0 Å². The van der Waals surface area contributed by atoms with Gasteiger partial charge in [0.05, 0.1) is 5.56 Å². The van der Waals surface area contributed by atoms with Crippen LogP contribution in [0, 0.1) is 0 Å². The summed E-state index contributed by atoms with van der Waals surface area (Å²) in [6.07, 6.45) is 2.46. The van der Waals surface area contributed by atoms with E-state index in [0.29, 0.717) is 31.7 Å². The second-order valence-corrected chi connectivity index (χ2v) is 6.09. The highest BCUT2D eigenvalue weighted by Gasteiger charge is 2.37. The molecule has 1 heterocycles. The van der Waals surface area contributed by atoms with Crippen molar-refractivity contribution < 1.29 is 19.5 Å². The summed E-state index contributed by atoms with van der Waals surface area (Å²) in [5.74, 6) is -1.09. The number of hydrogen-bond acceptors (Lipinski definition) is 4. The fourth-order valence-electron chi connectivity index (χ4n) is 3.15. The minimum Gasteiger partial charge on any atom is -0.507 e. The molecule has 7 heteroatoms. The van der Waals surface area contributed by atoms with Crippen LogP contribution in [-0.4, -0.2) is 58.3 Å². The summed E-state index contributed by atoms with van der Waals surface area (Å²) in [6, 6.07) is 3.74. The van der Waals surface area contributed by atoms with E-state index < -0.39 is 17.9 Å². The van der Waals surface area contributed by atoms with E-state index >= 15 is 0 Å². The monoisotopic (exact) mass is 359 g/mol. The first-order valence-electron chi connectivity index (χ1n) is 8.79. The third-order valence-corrected chi connectivity index (χ3v) is 4.55. The molecule has 2 rings (SSSR count). The lowest BCUT2D eigenvalue weighted by Gasteiger charge is -2.29. The fraction of sp³-hybridized carbons (Fsp3) is 0.421. The minimum absolute atomic E-state index is 0.0612. The van der Waals surface area contributed by atoms with Crippen molar-refractivity contribution in [3.05, 3.63) is 36.4 Å². The lowest BCUT2D eigenvalue weighted by molar-refractivity contribution is -0.134. The van der Waals surface area contributed by atoms with E-state index in [1.54, 1.807) is 4.90 Å². The number of likely N-dealkylation sites (N-methyl/N-ethyl adjacent to an activating group) is 1. The number of carbonyl (C=O) groups is 3. The third kappa shape index (κ3) is 4.04. The summed E-state index contributed by atoms with van der Waals surface area (Å²) < 4.78 is 0. The van der Waals surface area contributed by atoms with E-state index in [2.05, 4.69) is 11.9 Å². The van der Waals surface area contributed by atoms with E-state index in [1.165, 1.54) is 23.1 Å². The van der Waals surface area contributed by atoms with Gasteiger partial charge in [0.25, 0.3) is 5.91 Å². The van der Waals surface area contributed by atoms with Crippen molar-refractivity contribution in [1.82, 2.24) is 9.80 Å². The van der Waals surface area contributed by atoms with Crippen LogP contribution in [0.2, 0.25) is 0 Å². The van der Waals surface area contributed by atoms with E-state index in [9.17, 15) is 19.5 Å². The Bertz CT molecular complexity index is 713. The first kappa shape index (κ1) is 19.5. The largest absolute Gasteiger partial charge is 0.507 e. The molecule has 1 unspecified atom stereocenters. The average molecular weight is 359 g/mol. The van der Waals surface area contributed by atoms with Crippen molar-refractivity contribution in [3.8, 4) is 5.75 Å². The molecule has 0 saturated carbocycles. The van der Waals surface area contributed by atoms with Crippen LogP contribution in [0.3, 0.4) is 0 Å². The van der Waals surface area contributed by atoms with Gasteiger partial charge in [0.15, 0.2) is 0 Å². The second-order valence-electron chi connectivity index (χ2n) is 6.09. The summed E-state index contributed by atoms with van der Waals surface area (Å²) in [5, 5.41) is 12.7. The molecule has 1 aliphatic heterocycles. The van der Waals surface area contributed by atoms with Crippen LogP contribution < -0.4 is 5.32 Å². The van der Waals surface area contributed by atoms with Crippen molar-refractivity contribution >= 4 is 23.4 Å². The van der Waals surface area contributed by atoms with Gasteiger partial charge in [-0.15, -0.1) is 0 Å². The van der Waals surface area contributed by atoms with Gasteiger partial charge >= 0.3 is 0 Å². The zero-order valence-corrected chi connectivity index (χ0v) is 15.2. The highest BCUT2D eigenvalue weighted by atomic mass is 16.3. The van der Waals surface area contributed by atoms with Crippen molar-refractivity contribution in [2.75, 3.05) is 25.0 Å². The van der Waals surface area contributed by atoms with Crippen LogP contribution in [0.15, 0.2) is 30.9 Å².